The van der Waals surface area contributed by atoms with Crippen molar-refractivity contribution < 1.29 is 9.52 Å². The number of benzene rings is 2. The second kappa shape index (κ2) is 8.61. The van der Waals surface area contributed by atoms with Gasteiger partial charge in [-0.15, -0.1) is 0 Å². The standard InChI is InChI=1S/C26H35N2O/c1-19(2)23-14-10-15-24-21(4)12-7-5-6-11-20(3)17-28-27(26(23)24)18-22-13-8-9-16-25(22)29-28/h8-10,13-16,18-21H,5-7,11-12,17H2,1-4H3/q+1. The van der Waals surface area contributed by atoms with Gasteiger partial charge in [0.25, 0.3) is 0 Å². The average Bonchev–Trinajstić information content (AvgIpc) is 2.71. The van der Waals surface area contributed by atoms with Crippen molar-refractivity contribution in [2.75, 3.05) is 6.54 Å². The molecule has 2 unspecified atom stereocenters. The molecule has 2 heterocycles. The molecule has 2 aliphatic rings. The van der Waals surface area contributed by atoms with E-state index in [0.717, 1.165) is 17.9 Å². The maximum absolute atomic E-state index is 6.47. The van der Waals surface area contributed by atoms with Crippen LogP contribution in [0.3, 0.4) is 0 Å². The quantitative estimate of drug-likeness (QED) is 0.497. The van der Waals surface area contributed by atoms with Crippen LogP contribution >= 0.6 is 0 Å². The predicted octanol–water partition coefficient (Wildman–Crippen LogP) is 6.80. The second-order valence-electron chi connectivity index (χ2n) is 9.22. The molecule has 2 aliphatic heterocycles. The Balaban J connectivity index is 1.91. The molecule has 0 aromatic heterocycles. The zero-order valence-electron chi connectivity index (χ0n) is 18.4. The molecule has 0 spiro atoms. The van der Waals surface area contributed by atoms with Crippen LogP contribution in [0.2, 0.25) is 0 Å². The van der Waals surface area contributed by atoms with Crippen molar-refractivity contribution in [2.24, 2.45) is 5.92 Å². The van der Waals surface area contributed by atoms with Crippen LogP contribution in [0.15, 0.2) is 42.5 Å². The summed E-state index contributed by atoms with van der Waals surface area (Å²) in [5, 5.41) is 2.10. The Kier molecular flexibility index (Phi) is 5.94. The zero-order valence-corrected chi connectivity index (χ0v) is 18.4. The topological polar surface area (TPSA) is 15.5 Å². The van der Waals surface area contributed by atoms with E-state index in [0.29, 0.717) is 17.8 Å². The second-order valence-corrected chi connectivity index (χ2v) is 9.22. The lowest BCUT2D eigenvalue weighted by atomic mass is 9.88. The summed E-state index contributed by atoms with van der Waals surface area (Å²) in [5.41, 5.74) is 5.29. The number of hydrazone groups is 1. The summed E-state index contributed by atoms with van der Waals surface area (Å²) in [7, 11) is 0. The van der Waals surface area contributed by atoms with Gasteiger partial charge in [-0.05, 0) is 52.6 Å². The summed E-state index contributed by atoms with van der Waals surface area (Å²) in [6.07, 6.45) is 8.71. The molecule has 4 rings (SSSR count). The number of para-hydroxylation sites is 2. The fourth-order valence-electron chi connectivity index (χ4n) is 4.67. The van der Waals surface area contributed by atoms with Gasteiger partial charge in [-0.2, -0.15) is 0 Å². The van der Waals surface area contributed by atoms with E-state index >= 15 is 0 Å². The summed E-state index contributed by atoms with van der Waals surface area (Å²) in [6.45, 7) is 10.2. The molecule has 3 heteroatoms. The lowest BCUT2D eigenvalue weighted by Crippen LogP contribution is -2.42. The fraction of sp³-hybridized carbons (Fsp3) is 0.500. The first-order valence-corrected chi connectivity index (χ1v) is 11.4. The third-order valence-corrected chi connectivity index (χ3v) is 6.41. The molecule has 154 valence electrons. The van der Waals surface area contributed by atoms with Gasteiger partial charge < -0.3 is 4.84 Å². The minimum absolute atomic E-state index is 0.454. The molecular weight excluding hydrogens is 356 g/mol. The first-order chi connectivity index (χ1) is 14.0. The lowest BCUT2D eigenvalue weighted by Gasteiger charge is -2.29. The third-order valence-electron chi connectivity index (χ3n) is 6.41. The van der Waals surface area contributed by atoms with E-state index in [1.165, 1.54) is 48.9 Å². The Morgan fingerprint density at radius 3 is 2.59 bits per heavy atom. The molecule has 29 heavy (non-hydrogen) atoms. The summed E-state index contributed by atoms with van der Waals surface area (Å²) in [6, 6.07) is 15.2. The van der Waals surface area contributed by atoms with E-state index in [2.05, 4.69) is 86.2 Å². The molecule has 0 fully saturated rings. The molecule has 0 saturated carbocycles. The van der Waals surface area contributed by atoms with Crippen LogP contribution in [0, 0.1) is 5.92 Å². The number of hydrogen-bond acceptors (Lipinski definition) is 2. The third kappa shape index (κ3) is 4.19. The number of rotatable bonds is 1. The van der Waals surface area contributed by atoms with Gasteiger partial charge in [0.1, 0.15) is 6.54 Å². The average molecular weight is 392 g/mol. The van der Waals surface area contributed by atoms with E-state index in [4.69, 9.17) is 4.84 Å². The molecular formula is C26H35N2O+. The van der Waals surface area contributed by atoms with Crippen molar-refractivity contribution in [3.8, 4) is 5.75 Å². The minimum atomic E-state index is 0.454. The van der Waals surface area contributed by atoms with Gasteiger partial charge in [-0.1, -0.05) is 77.3 Å². The lowest BCUT2D eigenvalue weighted by molar-refractivity contribution is -0.691. The molecule has 0 aliphatic carbocycles. The molecule has 2 aromatic rings. The summed E-state index contributed by atoms with van der Waals surface area (Å²) in [5.74, 6) is 2.52. The Morgan fingerprint density at radius 2 is 1.76 bits per heavy atom. The van der Waals surface area contributed by atoms with Crippen molar-refractivity contribution >= 4 is 11.9 Å². The smallest absolute Gasteiger partial charge is 0.245 e. The first kappa shape index (κ1) is 20.0. The van der Waals surface area contributed by atoms with E-state index in [1.807, 2.05) is 0 Å². The maximum atomic E-state index is 6.47. The molecule has 0 saturated heterocycles. The van der Waals surface area contributed by atoms with Crippen molar-refractivity contribution in [1.29, 1.82) is 0 Å². The normalized spacial score (nSPS) is 22.4. The van der Waals surface area contributed by atoms with Crippen LogP contribution in [0.4, 0.5) is 5.69 Å². The first-order valence-electron chi connectivity index (χ1n) is 11.4. The van der Waals surface area contributed by atoms with Gasteiger partial charge in [0.05, 0.1) is 5.56 Å². The van der Waals surface area contributed by atoms with Crippen LogP contribution in [0.25, 0.3) is 0 Å². The highest BCUT2D eigenvalue weighted by Crippen LogP contribution is 2.39. The molecule has 0 bridgehead atoms. The fourth-order valence-corrected chi connectivity index (χ4v) is 4.67. The van der Waals surface area contributed by atoms with Crippen LogP contribution in [0.5, 0.6) is 5.75 Å². The minimum Gasteiger partial charge on any atom is -0.331 e. The SMILES string of the molecule is CC1CCCCCC(C)c2cccc(C(C)C)c2[N+]2=Cc3ccccc3ON2C1. The largest absolute Gasteiger partial charge is 0.331 e. The van der Waals surface area contributed by atoms with Gasteiger partial charge in [0, 0.05) is 11.1 Å². The van der Waals surface area contributed by atoms with Gasteiger partial charge in [0.2, 0.25) is 11.9 Å². The number of hydrogen-bond donors (Lipinski definition) is 0. The van der Waals surface area contributed by atoms with Crippen LogP contribution < -0.4 is 4.84 Å². The summed E-state index contributed by atoms with van der Waals surface area (Å²) in [4.78, 5) is 6.47. The van der Waals surface area contributed by atoms with Crippen LogP contribution in [0.1, 0.15) is 88.3 Å². The van der Waals surface area contributed by atoms with Crippen molar-refractivity contribution in [2.45, 2.75) is 71.6 Å². The van der Waals surface area contributed by atoms with Crippen molar-refractivity contribution in [1.82, 2.24) is 5.17 Å². The predicted molar refractivity (Wildman–Crippen MR) is 120 cm³/mol. The Bertz CT molecular complexity index is 886. The van der Waals surface area contributed by atoms with E-state index in [1.54, 1.807) is 0 Å². The van der Waals surface area contributed by atoms with E-state index < -0.39 is 0 Å². The molecule has 3 nitrogen and oxygen atoms in total. The Hall–Kier alpha value is -2.29. The van der Waals surface area contributed by atoms with Crippen LogP contribution in [-0.4, -0.2) is 22.6 Å². The van der Waals surface area contributed by atoms with Crippen molar-refractivity contribution in [3.05, 3.63) is 59.2 Å². The zero-order chi connectivity index (χ0) is 20.4. The molecule has 2 atom stereocenters. The highest BCUT2D eigenvalue weighted by atomic mass is 16.7. The molecule has 0 amide bonds. The number of hydroxylamine groups is 1. The maximum Gasteiger partial charge on any atom is 0.245 e. The highest BCUT2D eigenvalue weighted by Gasteiger charge is 2.35. The monoisotopic (exact) mass is 391 g/mol. The van der Waals surface area contributed by atoms with Gasteiger partial charge in [-0.3, -0.25) is 0 Å². The van der Waals surface area contributed by atoms with Gasteiger partial charge in [-0.25, -0.2) is 0 Å². The van der Waals surface area contributed by atoms with Crippen molar-refractivity contribution in [3.63, 3.8) is 0 Å². The summed E-state index contributed by atoms with van der Waals surface area (Å²) >= 11 is 0. The van der Waals surface area contributed by atoms with Gasteiger partial charge in [0.15, 0.2) is 5.75 Å². The molecule has 2 aromatic carbocycles. The molecule has 0 radical (unpaired) electrons. The van der Waals surface area contributed by atoms with Gasteiger partial charge >= 0.3 is 0 Å². The van der Waals surface area contributed by atoms with Crippen LogP contribution in [-0.2, 0) is 0 Å². The number of fused-ring (bicyclic) bond motifs is 4. The molecule has 0 N–H and O–H groups in total. The Labute approximate surface area is 175 Å². The van der Waals surface area contributed by atoms with E-state index in [9.17, 15) is 0 Å². The Morgan fingerprint density at radius 1 is 0.966 bits per heavy atom. The van der Waals surface area contributed by atoms with E-state index in [-0.39, 0.29) is 0 Å². The summed E-state index contributed by atoms with van der Waals surface area (Å²) < 4.78 is 2.31. The number of hydrazine groups is 1. The number of nitrogens with zero attached hydrogens (tertiary/aromatic N) is 2. The highest BCUT2D eigenvalue weighted by molar-refractivity contribution is 5.81.